The Balaban J connectivity index is 1.06. The number of thioether (sulfide) groups is 1. The third kappa shape index (κ3) is 4.63. The Morgan fingerprint density at radius 2 is 2.00 bits per heavy atom. The van der Waals surface area contributed by atoms with Crippen molar-refractivity contribution in [3.8, 4) is 0 Å². The van der Waals surface area contributed by atoms with Gasteiger partial charge < -0.3 is 10.2 Å². The van der Waals surface area contributed by atoms with Gasteiger partial charge in [0, 0.05) is 25.8 Å². The topological polar surface area (TPSA) is 79.6 Å². The van der Waals surface area contributed by atoms with Gasteiger partial charge in [-0.15, -0.1) is 0 Å². The molecule has 2 aliphatic rings. The van der Waals surface area contributed by atoms with Crippen LogP contribution in [0.3, 0.4) is 0 Å². The second-order valence-electron chi connectivity index (χ2n) is 8.33. The summed E-state index contributed by atoms with van der Waals surface area (Å²) >= 11 is 7.54. The average Bonchev–Trinajstić information content (AvgIpc) is 3.26. The van der Waals surface area contributed by atoms with Crippen LogP contribution in [0.25, 0.3) is 11.7 Å². The molecule has 170 valence electrons. The molecule has 0 bridgehead atoms. The minimum Gasteiger partial charge on any atom is -0.352 e. The average molecular weight is 482 g/mol. The molecule has 0 atom stereocenters. The predicted octanol–water partition coefficient (Wildman–Crippen LogP) is 4.28. The number of hydrogen-bond donors (Lipinski definition) is 1. The number of nitrogens with zero attached hydrogens (tertiary/aromatic N) is 4. The monoisotopic (exact) mass is 481 g/mol. The molecule has 1 N–H and O–H groups in total. The van der Waals surface area contributed by atoms with Crippen molar-refractivity contribution in [3.05, 3.63) is 64.0 Å². The lowest BCUT2D eigenvalue weighted by Gasteiger charge is -2.32. The molecule has 0 unspecified atom stereocenters. The van der Waals surface area contributed by atoms with Crippen LogP contribution in [0, 0.1) is 5.92 Å². The van der Waals surface area contributed by atoms with Crippen LogP contribution in [0.1, 0.15) is 41.7 Å². The lowest BCUT2D eigenvalue weighted by Crippen LogP contribution is -2.38. The highest BCUT2D eigenvalue weighted by molar-refractivity contribution is 8.04. The summed E-state index contributed by atoms with van der Waals surface area (Å²) in [6, 6.07) is 9.38. The zero-order valence-electron chi connectivity index (χ0n) is 18.0. The van der Waals surface area contributed by atoms with Crippen molar-refractivity contribution in [2.24, 2.45) is 5.92 Å². The molecule has 1 fully saturated rings. The van der Waals surface area contributed by atoms with Gasteiger partial charge in [0.25, 0.3) is 11.8 Å². The van der Waals surface area contributed by atoms with Crippen LogP contribution >= 0.6 is 23.4 Å². The van der Waals surface area contributed by atoms with E-state index in [-0.39, 0.29) is 17.0 Å². The first-order chi connectivity index (χ1) is 16.1. The van der Waals surface area contributed by atoms with Crippen molar-refractivity contribution in [3.63, 3.8) is 0 Å². The van der Waals surface area contributed by atoms with Crippen LogP contribution in [0.15, 0.2) is 52.7 Å². The van der Waals surface area contributed by atoms with Crippen LogP contribution in [-0.2, 0) is 4.79 Å². The maximum Gasteiger partial charge on any atom is 0.258 e. The Hall–Kier alpha value is -2.84. The molecular weight excluding hydrogens is 458 g/mol. The lowest BCUT2D eigenvalue weighted by atomic mass is 9.92. The fraction of sp³-hybridized carbons (Fsp3) is 0.333. The maximum atomic E-state index is 12.7. The maximum absolute atomic E-state index is 12.7. The highest BCUT2D eigenvalue weighted by atomic mass is 35.5. The van der Waals surface area contributed by atoms with Crippen molar-refractivity contribution >= 4 is 46.9 Å². The van der Waals surface area contributed by atoms with Gasteiger partial charge in [0.2, 0.25) is 0 Å². The van der Waals surface area contributed by atoms with E-state index in [1.165, 1.54) is 11.8 Å². The minimum absolute atomic E-state index is 0.0433. The predicted molar refractivity (Wildman–Crippen MR) is 129 cm³/mol. The SMILES string of the molecule is O=C(NCCCC1CCN(C(=O)c2cccnc2Cl)CC1)C1=Cc2cnc3cccc(n23)S1. The summed E-state index contributed by atoms with van der Waals surface area (Å²) < 4.78 is 2.06. The number of nitrogens with one attached hydrogen (secondary N) is 1. The van der Waals surface area contributed by atoms with Crippen molar-refractivity contribution in [2.75, 3.05) is 19.6 Å². The van der Waals surface area contributed by atoms with Gasteiger partial charge in [0.1, 0.15) is 10.8 Å². The van der Waals surface area contributed by atoms with E-state index in [1.54, 1.807) is 24.5 Å². The molecule has 7 nitrogen and oxygen atoms in total. The van der Waals surface area contributed by atoms with Crippen LogP contribution in [0.2, 0.25) is 5.15 Å². The molecule has 0 saturated carbocycles. The molecule has 2 aliphatic heterocycles. The van der Waals surface area contributed by atoms with E-state index in [1.807, 2.05) is 29.2 Å². The number of pyridine rings is 2. The zero-order chi connectivity index (χ0) is 22.8. The van der Waals surface area contributed by atoms with E-state index in [0.717, 1.165) is 55.1 Å². The molecule has 5 heterocycles. The highest BCUT2D eigenvalue weighted by Gasteiger charge is 2.25. The fourth-order valence-electron chi connectivity index (χ4n) is 4.42. The largest absolute Gasteiger partial charge is 0.352 e. The quantitative estimate of drug-likeness (QED) is 0.420. The lowest BCUT2D eigenvalue weighted by molar-refractivity contribution is -0.116. The summed E-state index contributed by atoms with van der Waals surface area (Å²) in [5, 5.41) is 4.32. The first-order valence-corrected chi connectivity index (χ1v) is 12.3. The first kappa shape index (κ1) is 22.0. The molecule has 3 aromatic rings. The molecule has 3 aromatic heterocycles. The number of aromatic nitrogens is 3. The second kappa shape index (κ2) is 9.57. The van der Waals surface area contributed by atoms with Gasteiger partial charge in [0.15, 0.2) is 0 Å². The van der Waals surface area contributed by atoms with Crippen LogP contribution < -0.4 is 5.32 Å². The summed E-state index contributed by atoms with van der Waals surface area (Å²) in [6.07, 6.45) is 9.17. The molecule has 0 radical (unpaired) electrons. The van der Waals surface area contributed by atoms with Gasteiger partial charge in [-0.2, -0.15) is 0 Å². The number of hydrogen-bond acceptors (Lipinski definition) is 5. The van der Waals surface area contributed by atoms with Crippen molar-refractivity contribution in [1.82, 2.24) is 24.6 Å². The van der Waals surface area contributed by atoms with Gasteiger partial charge >= 0.3 is 0 Å². The van der Waals surface area contributed by atoms with Crippen molar-refractivity contribution in [1.29, 1.82) is 0 Å². The van der Waals surface area contributed by atoms with Gasteiger partial charge in [-0.05, 0) is 61.9 Å². The van der Waals surface area contributed by atoms with Gasteiger partial charge in [-0.25, -0.2) is 9.97 Å². The van der Waals surface area contributed by atoms with E-state index in [0.29, 0.717) is 22.9 Å². The standard InChI is InChI=1S/C24H24ClN5O2S/c25-22-18(5-3-10-26-22)24(32)29-12-8-16(9-13-29)4-2-11-27-23(31)19-14-17-15-28-20-6-1-7-21(33-19)30(17)20/h1,3,5-7,10,14-16H,2,4,8-9,11-13H2,(H,27,31). The summed E-state index contributed by atoms with van der Waals surface area (Å²) in [5.41, 5.74) is 2.29. The number of piperidine rings is 1. The molecule has 1 saturated heterocycles. The number of rotatable bonds is 6. The Bertz CT molecular complexity index is 1230. The van der Waals surface area contributed by atoms with E-state index in [4.69, 9.17) is 11.6 Å². The van der Waals surface area contributed by atoms with Crippen LogP contribution in [0.4, 0.5) is 0 Å². The van der Waals surface area contributed by atoms with Crippen LogP contribution in [0.5, 0.6) is 0 Å². The van der Waals surface area contributed by atoms with Gasteiger partial charge in [-0.1, -0.05) is 29.4 Å². The van der Waals surface area contributed by atoms with Gasteiger partial charge in [-0.3, -0.25) is 14.0 Å². The zero-order valence-corrected chi connectivity index (χ0v) is 19.6. The number of imidazole rings is 1. The summed E-state index contributed by atoms with van der Waals surface area (Å²) in [7, 11) is 0. The minimum atomic E-state index is -0.0471. The van der Waals surface area contributed by atoms with Gasteiger partial charge in [0.05, 0.1) is 27.4 Å². The number of amides is 2. The fourth-order valence-corrected chi connectivity index (χ4v) is 5.63. The van der Waals surface area contributed by atoms with E-state index >= 15 is 0 Å². The summed E-state index contributed by atoms with van der Waals surface area (Å²) in [4.78, 5) is 36.3. The van der Waals surface area contributed by atoms with E-state index in [9.17, 15) is 9.59 Å². The third-order valence-electron chi connectivity index (χ3n) is 6.20. The Labute approximate surface area is 201 Å². The number of carbonyl (C=O) groups excluding carboxylic acids is 2. The third-order valence-corrected chi connectivity index (χ3v) is 7.56. The molecule has 5 rings (SSSR count). The Morgan fingerprint density at radius 1 is 1.15 bits per heavy atom. The number of carbonyl (C=O) groups is 2. The second-order valence-corrected chi connectivity index (χ2v) is 9.75. The number of halogens is 1. The summed E-state index contributed by atoms with van der Waals surface area (Å²) in [5.74, 6) is 0.470. The number of likely N-dealkylation sites (tertiary alicyclic amines) is 1. The summed E-state index contributed by atoms with van der Waals surface area (Å²) in [6.45, 7) is 2.10. The smallest absolute Gasteiger partial charge is 0.258 e. The molecule has 0 aliphatic carbocycles. The normalized spacial score (nSPS) is 16.0. The first-order valence-electron chi connectivity index (χ1n) is 11.1. The molecular formula is C24H24ClN5O2S. The Kier molecular flexibility index (Phi) is 6.37. The molecule has 9 heteroatoms. The van der Waals surface area contributed by atoms with E-state index in [2.05, 4.69) is 19.7 Å². The molecule has 33 heavy (non-hydrogen) atoms. The van der Waals surface area contributed by atoms with Crippen molar-refractivity contribution < 1.29 is 9.59 Å². The molecule has 2 amide bonds. The molecule has 0 spiro atoms. The molecule has 0 aromatic carbocycles. The van der Waals surface area contributed by atoms with Crippen LogP contribution in [-0.4, -0.2) is 50.7 Å². The van der Waals surface area contributed by atoms with Crippen molar-refractivity contribution in [2.45, 2.75) is 30.7 Å². The highest BCUT2D eigenvalue weighted by Crippen LogP contribution is 2.34. The Morgan fingerprint density at radius 3 is 2.82 bits per heavy atom. The van der Waals surface area contributed by atoms with E-state index < -0.39 is 0 Å².